The van der Waals surface area contributed by atoms with Crippen molar-refractivity contribution >= 4 is 23.0 Å². The molecule has 4 nitrogen and oxygen atoms in total. The molecule has 0 unspecified atom stereocenters. The lowest BCUT2D eigenvalue weighted by Crippen LogP contribution is -2.61. The van der Waals surface area contributed by atoms with Crippen molar-refractivity contribution in [1.29, 1.82) is 0 Å². The first kappa shape index (κ1) is 18.3. The van der Waals surface area contributed by atoms with E-state index in [0.29, 0.717) is 25.4 Å². The number of halogens is 4. The van der Waals surface area contributed by atoms with Crippen molar-refractivity contribution in [3.63, 3.8) is 0 Å². The van der Waals surface area contributed by atoms with Crippen LogP contribution in [0.25, 0.3) is 0 Å². The standard InChI is InChI=1S/C20H17F4N3O/c1-13(21)19(28)25-10-16(11-25)27-12-26(17-4-2-3-5-18(17)27)15-8-6-14(7-9-15)20(22,23)24/h2-9,16H,1,10-12H2. The SMILES string of the molecule is C=C(F)C(=O)N1CC(N2CN(c3ccc(C(F)(F)F)cc3)c3ccccc32)C1. The molecular weight excluding hydrogens is 374 g/mol. The van der Waals surface area contributed by atoms with Gasteiger partial charge in [0, 0.05) is 18.8 Å². The predicted molar refractivity (Wildman–Crippen MR) is 98.0 cm³/mol. The first-order valence-corrected chi connectivity index (χ1v) is 8.70. The Morgan fingerprint density at radius 3 is 2.18 bits per heavy atom. The van der Waals surface area contributed by atoms with E-state index in [1.807, 2.05) is 29.2 Å². The van der Waals surface area contributed by atoms with Crippen molar-refractivity contribution in [2.75, 3.05) is 29.6 Å². The maximum absolute atomic E-state index is 13.0. The van der Waals surface area contributed by atoms with Crippen molar-refractivity contribution in [1.82, 2.24) is 4.90 Å². The van der Waals surface area contributed by atoms with Crippen LogP contribution in [0.1, 0.15) is 5.56 Å². The fraction of sp³-hybridized carbons (Fsp3) is 0.250. The molecule has 0 aromatic heterocycles. The average Bonchev–Trinajstić information content (AvgIpc) is 2.99. The number of alkyl halides is 3. The maximum Gasteiger partial charge on any atom is 0.416 e. The molecule has 1 saturated heterocycles. The maximum atomic E-state index is 13.0. The third kappa shape index (κ3) is 3.08. The fourth-order valence-corrected chi connectivity index (χ4v) is 3.59. The summed E-state index contributed by atoms with van der Waals surface area (Å²) in [6.45, 7) is 4.22. The molecule has 0 bridgehead atoms. The van der Waals surface area contributed by atoms with Gasteiger partial charge in [0.15, 0.2) is 5.83 Å². The number of amides is 1. The molecule has 2 aliphatic heterocycles. The summed E-state index contributed by atoms with van der Waals surface area (Å²) in [7, 11) is 0. The normalized spacial score (nSPS) is 16.8. The molecule has 0 spiro atoms. The van der Waals surface area contributed by atoms with Crippen molar-refractivity contribution in [2.24, 2.45) is 0 Å². The molecule has 1 amide bonds. The summed E-state index contributed by atoms with van der Waals surface area (Å²) in [5.74, 6) is -1.69. The Bertz CT molecular complexity index is 920. The highest BCUT2D eigenvalue weighted by Gasteiger charge is 2.40. The van der Waals surface area contributed by atoms with Gasteiger partial charge >= 0.3 is 6.18 Å². The Morgan fingerprint density at radius 1 is 1.00 bits per heavy atom. The van der Waals surface area contributed by atoms with Crippen LogP contribution in [0, 0.1) is 0 Å². The number of rotatable bonds is 3. The Hall–Kier alpha value is -3.03. The topological polar surface area (TPSA) is 26.8 Å². The Labute approximate surface area is 159 Å². The van der Waals surface area contributed by atoms with Gasteiger partial charge in [0.05, 0.1) is 29.6 Å². The van der Waals surface area contributed by atoms with Gasteiger partial charge in [-0.25, -0.2) is 4.39 Å². The van der Waals surface area contributed by atoms with Gasteiger partial charge in [-0.2, -0.15) is 13.2 Å². The molecule has 0 N–H and O–H groups in total. The van der Waals surface area contributed by atoms with Gasteiger partial charge in [-0.1, -0.05) is 18.7 Å². The molecule has 1 fully saturated rings. The second-order valence-corrected chi connectivity index (χ2v) is 6.84. The molecular formula is C20H17F4N3O. The summed E-state index contributed by atoms with van der Waals surface area (Å²) < 4.78 is 51.5. The molecule has 146 valence electrons. The van der Waals surface area contributed by atoms with Crippen LogP contribution in [0.5, 0.6) is 0 Å². The molecule has 2 aliphatic rings. The van der Waals surface area contributed by atoms with Gasteiger partial charge in [0.2, 0.25) is 0 Å². The summed E-state index contributed by atoms with van der Waals surface area (Å²) in [5, 5.41) is 0. The molecule has 4 rings (SSSR count). The number of benzene rings is 2. The molecule has 0 aliphatic carbocycles. The van der Waals surface area contributed by atoms with Gasteiger partial charge in [0.1, 0.15) is 0 Å². The summed E-state index contributed by atoms with van der Waals surface area (Å²) in [4.78, 5) is 17.1. The molecule has 0 atom stereocenters. The Morgan fingerprint density at radius 2 is 1.61 bits per heavy atom. The van der Waals surface area contributed by atoms with Crippen LogP contribution in [0.15, 0.2) is 60.9 Å². The minimum Gasteiger partial charge on any atom is -0.345 e. The predicted octanol–water partition coefficient (Wildman–Crippen LogP) is 4.32. The minimum atomic E-state index is -4.38. The number of para-hydroxylation sites is 2. The van der Waals surface area contributed by atoms with Gasteiger partial charge in [0.25, 0.3) is 5.91 Å². The van der Waals surface area contributed by atoms with Crippen LogP contribution in [0.4, 0.5) is 34.6 Å². The molecule has 8 heteroatoms. The number of hydrogen-bond donors (Lipinski definition) is 0. The number of likely N-dealkylation sites (tertiary alicyclic amines) is 1. The molecule has 2 aromatic rings. The molecule has 2 aromatic carbocycles. The van der Waals surface area contributed by atoms with E-state index >= 15 is 0 Å². The van der Waals surface area contributed by atoms with Gasteiger partial charge in [-0.3, -0.25) is 4.79 Å². The van der Waals surface area contributed by atoms with Crippen LogP contribution in [0.2, 0.25) is 0 Å². The van der Waals surface area contributed by atoms with E-state index in [1.54, 1.807) is 0 Å². The van der Waals surface area contributed by atoms with E-state index in [0.717, 1.165) is 23.5 Å². The van der Waals surface area contributed by atoms with Crippen LogP contribution in [0.3, 0.4) is 0 Å². The van der Waals surface area contributed by atoms with E-state index in [2.05, 4.69) is 11.5 Å². The number of anilines is 3. The highest BCUT2D eigenvalue weighted by molar-refractivity contribution is 5.91. The third-order valence-electron chi connectivity index (χ3n) is 5.10. The molecule has 28 heavy (non-hydrogen) atoms. The largest absolute Gasteiger partial charge is 0.416 e. The number of fused-ring (bicyclic) bond motifs is 1. The lowest BCUT2D eigenvalue weighted by Gasteiger charge is -2.44. The highest BCUT2D eigenvalue weighted by atomic mass is 19.4. The van der Waals surface area contributed by atoms with Crippen LogP contribution in [-0.4, -0.2) is 36.6 Å². The highest BCUT2D eigenvalue weighted by Crippen LogP contribution is 2.43. The lowest BCUT2D eigenvalue weighted by molar-refractivity contribution is -0.137. The summed E-state index contributed by atoms with van der Waals surface area (Å²) in [5.41, 5.74) is 1.76. The van der Waals surface area contributed by atoms with Gasteiger partial charge in [-0.05, 0) is 36.4 Å². The van der Waals surface area contributed by atoms with Crippen molar-refractivity contribution < 1.29 is 22.4 Å². The fourth-order valence-electron chi connectivity index (χ4n) is 3.59. The molecule has 0 saturated carbocycles. The molecule has 2 heterocycles. The second kappa shape index (κ2) is 6.54. The molecule has 0 radical (unpaired) electrons. The summed E-state index contributed by atoms with van der Waals surface area (Å²) in [6.07, 6.45) is -4.38. The number of nitrogens with zero attached hydrogens (tertiary/aromatic N) is 3. The number of hydrogen-bond acceptors (Lipinski definition) is 3. The van der Waals surface area contributed by atoms with Crippen molar-refractivity contribution in [3.05, 3.63) is 66.5 Å². The van der Waals surface area contributed by atoms with Gasteiger partial charge < -0.3 is 14.7 Å². The van der Waals surface area contributed by atoms with Crippen molar-refractivity contribution in [3.8, 4) is 0 Å². The number of carbonyl (C=O) groups excluding carboxylic acids is 1. The number of carbonyl (C=O) groups is 1. The van der Waals surface area contributed by atoms with E-state index < -0.39 is 23.5 Å². The second-order valence-electron chi connectivity index (χ2n) is 6.84. The zero-order chi connectivity index (χ0) is 20.1. The van der Waals surface area contributed by atoms with Crippen LogP contribution in [-0.2, 0) is 11.0 Å². The summed E-state index contributed by atoms with van der Waals surface area (Å²) >= 11 is 0. The van der Waals surface area contributed by atoms with E-state index in [9.17, 15) is 22.4 Å². The smallest absolute Gasteiger partial charge is 0.345 e. The monoisotopic (exact) mass is 391 g/mol. The lowest BCUT2D eigenvalue weighted by atomic mass is 10.1. The quantitative estimate of drug-likeness (QED) is 0.576. The Kier molecular flexibility index (Phi) is 4.28. The van der Waals surface area contributed by atoms with E-state index in [4.69, 9.17) is 0 Å². The van der Waals surface area contributed by atoms with Crippen molar-refractivity contribution in [2.45, 2.75) is 12.2 Å². The third-order valence-corrected chi connectivity index (χ3v) is 5.10. The zero-order valence-corrected chi connectivity index (χ0v) is 14.8. The first-order chi connectivity index (χ1) is 13.3. The average molecular weight is 391 g/mol. The minimum absolute atomic E-state index is 0.00361. The van der Waals surface area contributed by atoms with Gasteiger partial charge in [-0.15, -0.1) is 0 Å². The first-order valence-electron chi connectivity index (χ1n) is 8.70. The Balaban J connectivity index is 1.56. The van der Waals surface area contributed by atoms with E-state index in [1.165, 1.54) is 17.0 Å². The van der Waals surface area contributed by atoms with Crippen LogP contribution >= 0.6 is 0 Å². The van der Waals surface area contributed by atoms with E-state index in [-0.39, 0.29) is 6.04 Å². The van der Waals surface area contributed by atoms with Crippen LogP contribution < -0.4 is 9.80 Å². The summed E-state index contributed by atoms with van der Waals surface area (Å²) in [6, 6.07) is 12.6. The zero-order valence-electron chi connectivity index (χ0n) is 14.8.